The Kier molecular flexibility index (Phi) is 6.33. The van der Waals surface area contributed by atoms with Crippen molar-refractivity contribution in [2.24, 2.45) is 0 Å². The van der Waals surface area contributed by atoms with Crippen molar-refractivity contribution < 1.29 is 14.7 Å². The number of carboxylic acids is 1. The van der Waals surface area contributed by atoms with Gasteiger partial charge in [0.25, 0.3) is 5.91 Å². The number of carbonyl (C=O) groups excluding carboxylic acids is 1. The Bertz CT molecular complexity index is 886. The van der Waals surface area contributed by atoms with Crippen LogP contribution < -0.4 is 10.2 Å². The summed E-state index contributed by atoms with van der Waals surface area (Å²) in [6, 6.07) is 14.7. The molecule has 2 aliphatic heterocycles. The normalized spacial score (nSPS) is 18.2. The third-order valence-electron chi connectivity index (χ3n) is 6.23. The fourth-order valence-electron chi connectivity index (χ4n) is 4.61. The number of nitrogens with zero attached hydrogens (tertiary/aromatic N) is 2. The number of rotatable bonds is 5. The highest BCUT2D eigenvalue weighted by Crippen LogP contribution is 2.29. The monoisotopic (exact) mass is 407 g/mol. The van der Waals surface area contributed by atoms with Crippen molar-refractivity contribution in [3.63, 3.8) is 0 Å². The van der Waals surface area contributed by atoms with Crippen LogP contribution in [0.25, 0.3) is 0 Å². The number of aromatic carboxylic acids is 1. The molecule has 0 saturated carbocycles. The minimum absolute atomic E-state index is 0.234. The standard InChI is InChI=1S/C24H29N3O3/c28-23(18-7-3-1-4-8-18)25-19-9-10-22(21(17-19)24(29)30)27-15-11-20(12-16-27)26-13-5-2-6-14-26/h1,3-4,7-10,17,20H,2,5-6,11-16H2,(H,25,28)(H,29,30). The first-order valence-electron chi connectivity index (χ1n) is 10.8. The lowest BCUT2D eigenvalue weighted by Gasteiger charge is -2.41. The number of hydrogen-bond donors (Lipinski definition) is 2. The van der Waals surface area contributed by atoms with Gasteiger partial charge in [-0.25, -0.2) is 4.79 Å². The molecule has 2 N–H and O–H groups in total. The fourth-order valence-corrected chi connectivity index (χ4v) is 4.61. The maximum atomic E-state index is 12.4. The Morgan fingerprint density at radius 2 is 1.60 bits per heavy atom. The van der Waals surface area contributed by atoms with Crippen LogP contribution in [0.4, 0.5) is 11.4 Å². The number of benzene rings is 2. The molecule has 0 aromatic heterocycles. The molecule has 0 radical (unpaired) electrons. The summed E-state index contributed by atoms with van der Waals surface area (Å²) in [4.78, 5) is 29.1. The summed E-state index contributed by atoms with van der Waals surface area (Å²) in [5.41, 5.74) is 2.00. The summed E-state index contributed by atoms with van der Waals surface area (Å²) in [6.45, 7) is 4.11. The van der Waals surface area contributed by atoms with Gasteiger partial charge in [0.1, 0.15) is 0 Å². The number of anilines is 2. The molecule has 0 spiro atoms. The smallest absolute Gasteiger partial charge is 0.337 e. The van der Waals surface area contributed by atoms with Gasteiger partial charge >= 0.3 is 5.97 Å². The van der Waals surface area contributed by atoms with E-state index >= 15 is 0 Å². The molecule has 0 aliphatic carbocycles. The molecule has 2 saturated heterocycles. The van der Waals surface area contributed by atoms with Crippen LogP contribution >= 0.6 is 0 Å². The van der Waals surface area contributed by atoms with Gasteiger partial charge in [0, 0.05) is 30.4 Å². The summed E-state index contributed by atoms with van der Waals surface area (Å²) >= 11 is 0. The second-order valence-electron chi connectivity index (χ2n) is 8.17. The number of nitrogens with one attached hydrogen (secondary N) is 1. The SMILES string of the molecule is O=C(Nc1ccc(N2CCC(N3CCCCC3)CC2)c(C(=O)O)c1)c1ccccc1. The van der Waals surface area contributed by atoms with Crippen molar-refractivity contribution in [2.45, 2.75) is 38.1 Å². The number of hydrogen-bond acceptors (Lipinski definition) is 4. The number of amides is 1. The molecule has 0 atom stereocenters. The lowest BCUT2D eigenvalue weighted by Crippen LogP contribution is -2.47. The third kappa shape index (κ3) is 4.65. The lowest BCUT2D eigenvalue weighted by atomic mass is 9.98. The molecular formula is C24H29N3O3. The van der Waals surface area contributed by atoms with Gasteiger partial charge in [-0.3, -0.25) is 4.79 Å². The molecule has 2 heterocycles. The number of piperidine rings is 2. The van der Waals surface area contributed by atoms with E-state index in [0.717, 1.165) is 31.6 Å². The molecule has 6 nitrogen and oxygen atoms in total. The molecule has 2 aromatic rings. The van der Waals surface area contributed by atoms with E-state index in [1.54, 1.807) is 36.4 Å². The van der Waals surface area contributed by atoms with Crippen LogP contribution in [0, 0.1) is 0 Å². The lowest BCUT2D eigenvalue weighted by molar-refractivity contribution is 0.0697. The summed E-state index contributed by atoms with van der Waals surface area (Å²) in [5.74, 6) is -1.22. The van der Waals surface area contributed by atoms with E-state index in [9.17, 15) is 14.7 Å². The van der Waals surface area contributed by atoms with Crippen LogP contribution in [-0.4, -0.2) is 54.1 Å². The zero-order chi connectivity index (χ0) is 20.9. The minimum atomic E-state index is -0.973. The van der Waals surface area contributed by atoms with Crippen molar-refractivity contribution in [1.82, 2.24) is 4.90 Å². The Hall–Kier alpha value is -2.86. The molecule has 1 amide bonds. The summed E-state index contributed by atoms with van der Waals surface area (Å²) in [7, 11) is 0. The second-order valence-corrected chi connectivity index (χ2v) is 8.17. The van der Waals surface area contributed by atoms with Crippen molar-refractivity contribution >= 4 is 23.3 Å². The van der Waals surface area contributed by atoms with Crippen molar-refractivity contribution in [3.8, 4) is 0 Å². The predicted octanol–water partition coefficient (Wildman–Crippen LogP) is 4.09. The Balaban J connectivity index is 1.45. The molecule has 2 fully saturated rings. The molecule has 0 bridgehead atoms. The largest absolute Gasteiger partial charge is 0.478 e. The Morgan fingerprint density at radius 3 is 2.27 bits per heavy atom. The summed E-state index contributed by atoms with van der Waals surface area (Å²) in [5, 5.41) is 12.6. The van der Waals surface area contributed by atoms with Crippen LogP contribution in [0.2, 0.25) is 0 Å². The van der Waals surface area contributed by atoms with E-state index in [2.05, 4.69) is 15.1 Å². The van der Waals surface area contributed by atoms with Gasteiger partial charge in [-0.15, -0.1) is 0 Å². The van der Waals surface area contributed by atoms with Gasteiger partial charge in [-0.2, -0.15) is 0 Å². The molecule has 4 rings (SSSR count). The number of carboxylic acid groups (broad SMARTS) is 1. The van der Waals surface area contributed by atoms with Crippen molar-refractivity contribution in [3.05, 3.63) is 59.7 Å². The minimum Gasteiger partial charge on any atom is -0.478 e. The quantitative estimate of drug-likeness (QED) is 0.781. The molecule has 158 valence electrons. The van der Waals surface area contributed by atoms with Gasteiger partial charge in [0.2, 0.25) is 0 Å². The maximum Gasteiger partial charge on any atom is 0.337 e. The average Bonchev–Trinajstić information content (AvgIpc) is 2.80. The van der Waals surface area contributed by atoms with E-state index in [1.165, 1.54) is 32.4 Å². The molecule has 6 heteroatoms. The number of likely N-dealkylation sites (tertiary alicyclic amines) is 1. The Morgan fingerprint density at radius 1 is 0.900 bits per heavy atom. The average molecular weight is 408 g/mol. The van der Waals surface area contributed by atoms with Crippen molar-refractivity contribution in [2.75, 3.05) is 36.4 Å². The molecule has 30 heavy (non-hydrogen) atoms. The molecule has 2 aromatic carbocycles. The van der Waals surface area contributed by atoms with Crippen LogP contribution in [0.15, 0.2) is 48.5 Å². The van der Waals surface area contributed by atoms with E-state index in [0.29, 0.717) is 17.3 Å². The van der Waals surface area contributed by atoms with E-state index in [4.69, 9.17) is 0 Å². The van der Waals surface area contributed by atoms with Gasteiger partial charge in [0.05, 0.1) is 11.3 Å². The maximum absolute atomic E-state index is 12.4. The molecule has 0 unspecified atom stereocenters. The van der Waals surface area contributed by atoms with Crippen LogP contribution in [0.3, 0.4) is 0 Å². The highest BCUT2D eigenvalue weighted by atomic mass is 16.4. The second kappa shape index (κ2) is 9.30. The summed E-state index contributed by atoms with van der Waals surface area (Å²) < 4.78 is 0. The molecule has 2 aliphatic rings. The highest BCUT2D eigenvalue weighted by Gasteiger charge is 2.27. The van der Waals surface area contributed by atoms with Gasteiger partial charge in [0.15, 0.2) is 0 Å². The zero-order valence-corrected chi connectivity index (χ0v) is 17.2. The van der Waals surface area contributed by atoms with Crippen LogP contribution in [0.5, 0.6) is 0 Å². The fraction of sp³-hybridized carbons (Fsp3) is 0.417. The Labute approximate surface area is 177 Å². The first kappa shape index (κ1) is 20.4. The van der Waals surface area contributed by atoms with Crippen LogP contribution in [0.1, 0.15) is 52.8 Å². The number of carbonyl (C=O) groups is 2. The van der Waals surface area contributed by atoms with Gasteiger partial charge < -0.3 is 20.2 Å². The third-order valence-corrected chi connectivity index (χ3v) is 6.23. The van der Waals surface area contributed by atoms with Crippen LogP contribution in [-0.2, 0) is 0 Å². The van der Waals surface area contributed by atoms with Crippen molar-refractivity contribution in [1.29, 1.82) is 0 Å². The van der Waals surface area contributed by atoms with E-state index < -0.39 is 5.97 Å². The first-order valence-corrected chi connectivity index (χ1v) is 10.8. The molecular weight excluding hydrogens is 378 g/mol. The topological polar surface area (TPSA) is 72.9 Å². The van der Waals surface area contributed by atoms with Gasteiger partial charge in [-0.1, -0.05) is 24.6 Å². The highest BCUT2D eigenvalue weighted by molar-refractivity contribution is 6.05. The van der Waals surface area contributed by atoms with E-state index in [1.807, 2.05) is 12.1 Å². The summed E-state index contributed by atoms with van der Waals surface area (Å²) in [6.07, 6.45) is 6.04. The van der Waals surface area contributed by atoms with E-state index in [-0.39, 0.29) is 11.5 Å². The van der Waals surface area contributed by atoms with Gasteiger partial charge in [-0.05, 0) is 69.1 Å². The first-order chi connectivity index (χ1) is 14.6. The predicted molar refractivity (Wildman–Crippen MR) is 118 cm³/mol. The zero-order valence-electron chi connectivity index (χ0n) is 17.2.